The molecule has 6 atom stereocenters. The van der Waals surface area contributed by atoms with Gasteiger partial charge in [0.2, 0.25) is 11.8 Å². The Hall–Kier alpha value is -1.79. The van der Waals surface area contributed by atoms with Crippen LogP contribution in [0.25, 0.3) is 0 Å². The van der Waals surface area contributed by atoms with Crippen LogP contribution in [0.5, 0.6) is 0 Å². The lowest BCUT2D eigenvalue weighted by Crippen LogP contribution is -2.44. The van der Waals surface area contributed by atoms with E-state index in [0.717, 1.165) is 15.8 Å². The number of imide groups is 1. The summed E-state index contributed by atoms with van der Waals surface area (Å²) in [5.41, 5.74) is 4.67. The maximum atomic E-state index is 12.8. The third kappa shape index (κ3) is 4.24. The fourth-order valence-electron chi connectivity index (χ4n) is 4.72. The van der Waals surface area contributed by atoms with Gasteiger partial charge in [-0.25, -0.2) is 0 Å². The number of likely N-dealkylation sites (tertiary alicyclic amines) is 1. The highest BCUT2D eigenvalue weighted by Gasteiger charge is 2.66. The summed E-state index contributed by atoms with van der Waals surface area (Å²) >= 11 is 10.5. The van der Waals surface area contributed by atoms with E-state index < -0.39 is 42.8 Å². The van der Waals surface area contributed by atoms with Crippen LogP contribution in [0.1, 0.15) is 16.8 Å². The second-order valence-electron chi connectivity index (χ2n) is 7.94. The van der Waals surface area contributed by atoms with Crippen molar-refractivity contribution in [3.63, 3.8) is 0 Å². The van der Waals surface area contributed by atoms with Gasteiger partial charge >= 0.3 is 5.97 Å². The molecule has 12 heteroatoms. The van der Waals surface area contributed by atoms with E-state index in [1.807, 2.05) is 0 Å². The number of halogens is 3. The van der Waals surface area contributed by atoms with Crippen LogP contribution in [0, 0.1) is 23.7 Å². The minimum Gasteiger partial charge on any atom is -0.454 e. The highest BCUT2D eigenvalue weighted by molar-refractivity contribution is 9.12. The van der Waals surface area contributed by atoms with Gasteiger partial charge in [-0.05, 0) is 42.5 Å². The Bertz CT molecular complexity index is 955. The average Bonchev–Trinajstić information content (AvgIpc) is 3.37. The molecule has 3 fully saturated rings. The molecule has 0 unspecified atom stereocenters. The predicted octanol–water partition coefficient (Wildman–Crippen LogP) is 1.53. The largest absolute Gasteiger partial charge is 0.454 e. The number of benzene rings is 1. The summed E-state index contributed by atoms with van der Waals surface area (Å²) in [7, 11) is 0. The highest BCUT2D eigenvalue weighted by Crippen LogP contribution is 2.60. The smallest absolute Gasteiger partial charge is 0.326 e. The third-order valence-electron chi connectivity index (χ3n) is 6.15. The highest BCUT2D eigenvalue weighted by atomic mass is 79.9. The van der Waals surface area contributed by atoms with E-state index in [2.05, 4.69) is 58.6 Å². The van der Waals surface area contributed by atoms with E-state index in [1.165, 1.54) is 0 Å². The van der Waals surface area contributed by atoms with Crippen LogP contribution < -0.4 is 10.9 Å². The quantitative estimate of drug-likeness (QED) is 0.219. The maximum absolute atomic E-state index is 12.8. The molecule has 1 aromatic carbocycles. The number of esters is 1. The molecular formula is C20H18Br3N3O6. The third-order valence-corrected chi connectivity index (χ3v) is 9.89. The zero-order chi connectivity index (χ0) is 23.2. The number of hydrazine groups is 1. The zero-order valence-electron chi connectivity index (χ0n) is 16.4. The fraction of sp³-hybridized carbons (Fsp3) is 0.450. The summed E-state index contributed by atoms with van der Waals surface area (Å²) in [6, 6.07) is 6.48. The molecular weight excluding hydrogens is 618 g/mol. The summed E-state index contributed by atoms with van der Waals surface area (Å²) in [4.78, 5) is 62.7. The number of carbonyl (C=O) groups excluding carboxylic acids is 5. The van der Waals surface area contributed by atoms with Crippen molar-refractivity contribution in [1.29, 1.82) is 0 Å². The maximum Gasteiger partial charge on any atom is 0.326 e. The number of hydrogen-bond acceptors (Lipinski definition) is 6. The SMILES string of the molecule is O=C(COC(=O)CN1C(=O)[C@@H]2[C@H]3C[C@@H]([C@@H](Br)[C@H]3Br)[C@H]2C1=O)NNC(=O)c1ccc(Br)cc1. The van der Waals surface area contributed by atoms with Crippen LogP contribution >= 0.6 is 47.8 Å². The number of hydrogen-bond donors (Lipinski definition) is 2. The first-order valence-corrected chi connectivity index (χ1v) is 12.4. The minimum absolute atomic E-state index is 0.0481. The van der Waals surface area contributed by atoms with Crippen LogP contribution in [0.3, 0.4) is 0 Å². The van der Waals surface area contributed by atoms with Crippen LogP contribution in [-0.2, 0) is 23.9 Å². The number of nitrogens with zero attached hydrogens (tertiary/aromatic N) is 1. The second kappa shape index (κ2) is 9.22. The number of amides is 4. The van der Waals surface area contributed by atoms with Gasteiger partial charge in [-0.15, -0.1) is 0 Å². The Morgan fingerprint density at radius 2 is 1.53 bits per heavy atom. The van der Waals surface area contributed by atoms with Crippen LogP contribution in [0.4, 0.5) is 0 Å². The second-order valence-corrected chi connectivity index (χ2v) is 11.0. The summed E-state index contributed by atoms with van der Waals surface area (Å²) < 4.78 is 5.68. The van der Waals surface area contributed by atoms with Crippen molar-refractivity contribution in [2.45, 2.75) is 16.1 Å². The lowest BCUT2D eigenvalue weighted by Gasteiger charge is -2.28. The number of rotatable bonds is 5. The Kier molecular flexibility index (Phi) is 6.73. The number of nitrogens with one attached hydrogen (secondary N) is 2. The van der Waals surface area contributed by atoms with E-state index in [4.69, 9.17) is 4.74 Å². The van der Waals surface area contributed by atoms with Gasteiger partial charge in [0.1, 0.15) is 6.54 Å². The Labute approximate surface area is 208 Å². The predicted molar refractivity (Wildman–Crippen MR) is 121 cm³/mol. The molecule has 1 aromatic rings. The minimum atomic E-state index is -0.876. The van der Waals surface area contributed by atoms with Crippen molar-refractivity contribution in [3.8, 4) is 0 Å². The molecule has 0 radical (unpaired) electrons. The molecule has 2 N–H and O–H groups in total. The summed E-state index contributed by atoms with van der Waals surface area (Å²) in [5, 5.41) is 0. The zero-order valence-corrected chi connectivity index (χ0v) is 21.2. The fourth-order valence-corrected chi connectivity index (χ4v) is 6.86. The molecule has 2 bridgehead atoms. The summed E-state index contributed by atoms with van der Waals surface area (Å²) in [5.74, 6) is -3.65. The van der Waals surface area contributed by atoms with Crippen molar-refractivity contribution in [2.24, 2.45) is 23.7 Å². The van der Waals surface area contributed by atoms with Crippen molar-refractivity contribution in [3.05, 3.63) is 34.3 Å². The molecule has 4 rings (SSSR count). The first-order valence-electron chi connectivity index (χ1n) is 9.82. The molecule has 0 aromatic heterocycles. The monoisotopic (exact) mass is 633 g/mol. The van der Waals surface area contributed by atoms with Gasteiger partial charge in [0.05, 0.1) is 11.8 Å². The molecule has 1 aliphatic heterocycles. The standard InChI is InChI=1S/C20H18Br3N3O6/c21-9-3-1-8(2-4-9)18(29)25-24-12(27)7-32-13(28)6-26-19(30)14-10-5-11(15(14)20(26)31)17(23)16(10)22/h1-4,10-11,14-17H,5-7H2,(H,24,27)(H,25,29)/t10-,11-,14-,15-,16-,17+/m1/s1. The van der Waals surface area contributed by atoms with E-state index >= 15 is 0 Å². The lowest BCUT2D eigenvalue weighted by atomic mass is 9.81. The van der Waals surface area contributed by atoms with Crippen molar-refractivity contribution in [1.82, 2.24) is 15.8 Å². The van der Waals surface area contributed by atoms with Crippen molar-refractivity contribution < 1.29 is 28.7 Å². The Morgan fingerprint density at radius 3 is 2.09 bits per heavy atom. The van der Waals surface area contributed by atoms with Crippen molar-refractivity contribution >= 4 is 77.4 Å². The lowest BCUT2D eigenvalue weighted by molar-refractivity contribution is -0.155. The molecule has 1 saturated heterocycles. The molecule has 1 heterocycles. The van der Waals surface area contributed by atoms with Crippen LogP contribution in [0.2, 0.25) is 0 Å². The van der Waals surface area contributed by atoms with Gasteiger partial charge in [0.25, 0.3) is 11.8 Å². The normalized spacial score (nSPS) is 30.3. The van der Waals surface area contributed by atoms with Crippen LogP contribution in [0.15, 0.2) is 28.7 Å². The number of ether oxygens (including phenoxy) is 1. The van der Waals surface area contributed by atoms with Gasteiger partial charge in [-0.3, -0.25) is 39.7 Å². The first-order chi connectivity index (χ1) is 15.2. The summed E-state index contributed by atoms with van der Waals surface area (Å²) in [6.45, 7) is -1.21. The van der Waals surface area contributed by atoms with Crippen molar-refractivity contribution in [2.75, 3.05) is 13.2 Å². The number of fused-ring (bicyclic) bond motifs is 5. The van der Waals surface area contributed by atoms with E-state index in [1.54, 1.807) is 24.3 Å². The molecule has 4 amide bonds. The van der Waals surface area contributed by atoms with Gasteiger partial charge < -0.3 is 4.74 Å². The van der Waals surface area contributed by atoms with E-state index in [0.29, 0.717) is 5.56 Å². The molecule has 3 aliphatic rings. The topological polar surface area (TPSA) is 122 Å². The Balaban J connectivity index is 1.24. The summed E-state index contributed by atoms with van der Waals surface area (Å²) in [6.07, 6.45) is 0.795. The molecule has 0 spiro atoms. The van der Waals surface area contributed by atoms with Gasteiger partial charge in [0.15, 0.2) is 6.61 Å². The van der Waals surface area contributed by atoms with Gasteiger partial charge in [-0.1, -0.05) is 47.8 Å². The average molecular weight is 636 g/mol. The number of carbonyl (C=O) groups is 5. The molecule has 170 valence electrons. The first kappa shape index (κ1) is 23.4. The van der Waals surface area contributed by atoms with E-state index in [-0.39, 0.29) is 33.3 Å². The van der Waals surface area contributed by atoms with E-state index in [9.17, 15) is 24.0 Å². The molecule has 32 heavy (non-hydrogen) atoms. The molecule has 2 aliphatic carbocycles. The van der Waals surface area contributed by atoms with Gasteiger partial charge in [-0.2, -0.15) is 0 Å². The Morgan fingerprint density at radius 1 is 0.969 bits per heavy atom. The number of alkyl halides is 2. The van der Waals surface area contributed by atoms with Gasteiger partial charge in [0, 0.05) is 19.7 Å². The van der Waals surface area contributed by atoms with Crippen LogP contribution in [-0.4, -0.2) is 57.3 Å². The molecule has 9 nitrogen and oxygen atoms in total. The molecule has 2 saturated carbocycles.